The largest absolute Gasteiger partial charge is 0.481 e. The van der Waals surface area contributed by atoms with Crippen molar-refractivity contribution < 1.29 is 9.84 Å². The lowest BCUT2D eigenvalue weighted by Gasteiger charge is -2.10. The van der Waals surface area contributed by atoms with Gasteiger partial charge in [0.25, 0.3) is 0 Å². The molecule has 0 spiro atoms. The molecular weight excluding hydrogens is 252 g/mol. The zero-order chi connectivity index (χ0) is 14.4. The van der Waals surface area contributed by atoms with E-state index in [9.17, 15) is 5.11 Å². The summed E-state index contributed by atoms with van der Waals surface area (Å²) in [5.41, 5.74) is 3.30. The molecule has 0 bridgehead atoms. The second-order valence-electron chi connectivity index (χ2n) is 4.93. The van der Waals surface area contributed by atoms with Crippen LogP contribution in [0.3, 0.4) is 0 Å². The monoisotopic (exact) mass is 272 g/mol. The molecule has 0 saturated carbocycles. The molecule has 1 N–H and O–H groups in total. The molecule has 0 aliphatic heterocycles. The lowest BCUT2D eigenvalue weighted by molar-refractivity contribution is 0.164. The summed E-state index contributed by atoms with van der Waals surface area (Å²) in [6.45, 7) is 2.07. The molecule has 1 atom stereocenters. The van der Waals surface area contributed by atoms with Crippen molar-refractivity contribution >= 4 is 0 Å². The molecule has 1 aromatic carbocycles. The van der Waals surface area contributed by atoms with Crippen molar-refractivity contribution in [2.45, 2.75) is 32.3 Å². The normalized spacial score (nSPS) is 12.2. The standard InChI is InChI=1S/C16H20N2O2/c1-12-3-5-13(6-4-12)7-8-15(19)9-14-10-16(20-2)18-11-17-14/h3-6,10-11,15,19H,7-9H2,1-2H3. The molecule has 4 nitrogen and oxygen atoms in total. The van der Waals surface area contributed by atoms with Gasteiger partial charge in [-0.25, -0.2) is 9.97 Å². The van der Waals surface area contributed by atoms with Gasteiger partial charge < -0.3 is 9.84 Å². The van der Waals surface area contributed by atoms with Gasteiger partial charge >= 0.3 is 0 Å². The molecule has 2 rings (SSSR count). The number of aryl methyl sites for hydroxylation is 2. The third-order valence-corrected chi connectivity index (χ3v) is 3.24. The van der Waals surface area contributed by atoms with Crippen LogP contribution in [0.25, 0.3) is 0 Å². The molecule has 0 fully saturated rings. The van der Waals surface area contributed by atoms with Crippen molar-refractivity contribution in [3.05, 3.63) is 53.5 Å². The zero-order valence-corrected chi connectivity index (χ0v) is 11.9. The van der Waals surface area contributed by atoms with Crippen molar-refractivity contribution in [2.24, 2.45) is 0 Å². The molecule has 1 aromatic heterocycles. The van der Waals surface area contributed by atoms with Crippen LogP contribution in [0.15, 0.2) is 36.7 Å². The Hall–Kier alpha value is -1.94. The van der Waals surface area contributed by atoms with Gasteiger partial charge in [0.2, 0.25) is 5.88 Å². The summed E-state index contributed by atoms with van der Waals surface area (Å²) in [5.74, 6) is 0.528. The maximum Gasteiger partial charge on any atom is 0.216 e. The van der Waals surface area contributed by atoms with Crippen molar-refractivity contribution in [1.82, 2.24) is 9.97 Å². The van der Waals surface area contributed by atoms with Crippen LogP contribution in [0.4, 0.5) is 0 Å². The molecule has 0 amide bonds. The summed E-state index contributed by atoms with van der Waals surface area (Å²) in [6.07, 6.45) is 3.15. The summed E-state index contributed by atoms with van der Waals surface area (Å²) in [5, 5.41) is 10.1. The molecule has 0 radical (unpaired) electrons. The zero-order valence-electron chi connectivity index (χ0n) is 11.9. The first kappa shape index (κ1) is 14.5. The third-order valence-electron chi connectivity index (χ3n) is 3.24. The van der Waals surface area contributed by atoms with E-state index < -0.39 is 6.10 Å². The van der Waals surface area contributed by atoms with Gasteiger partial charge in [0.05, 0.1) is 18.9 Å². The number of methoxy groups -OCH3 is 1. The molecule has 2 aromatic rings. The fourth-order valence-corrected chi connectivity index (χ4v) is 2.03. The second-order valence-corrected chi connectivity index (χ2v) is 4.93. The minimum absolute atomic E-state index is 0.407. The topological polar surface area (TPSA) is 55.2 Å². The summed E-state index contributed by atoms with van der Waals surface area (Å²) >= 11 is 0. The summed E-state index contributed by atoms with van der Waals surface area (Å²) in [6, 6.07) is 10.2. The summed E-state index contributed by atoms with van der Waals surface area (Å²) in [4.78, 5) is 8.09. The molecule has 0 saturated heterocycles. The van der Waals surface area contributed by atoms with E-state index in [0.29, 0.717) is 12.3 Å². The lowest BCUT2D eigenvalue weighted by atomic mass is 10.0. The minimum Gasteiger partial charge on any atom is -0.481 e. The highest BCUT2D eigenvalue weighted by atomic mass is 16.5. The van der Waals surface area contributed by atoms with Crippen molar-refractivity contribution in [2.75, 3.05) is 7.11 Å². The number of nitrogens with zero attached hydrogens (tertiary/aromatic N) is 2. The van der Waals surface area contributed by atoms with Crippen LogP contribution in [-0.4, -0.2) is 28.3 Å². The minimum atomic E-state index is -0.407. The van der Waals surface area contributed by atoms with Crippen LogP contribution in [0, 0.1) is 6.92 Å². The van der Waals surface area contributed by atoms with Crippen molar-refractivity contribution in [3.8, 4) is 5.88 Å². The Morgan fingerprint density at radius 3 is 2.65 bits per heavy atom. The first-order valence-corrected chi connectivity index (χ1v) is 6.76. The van der Waals surface area contributed by atoms with Gasteiger partial charge in [-0.15, -0.1) is 0 Å². The molecule has 20 heavy (non-hydrogen) atoms. The van der Waals surface area contributed by atoms with E-state index in [-0.39, 0.29) is 0 Å². The number of rotatable bonds is 6. The predicted molar refractivity (Wildman–Crippen MR) is 77.8 cm³/mol. The molecule has 4 heteroatoms. The average molecular weight is 272 g/mol. The molecule has 1 unspecified atom stereocenters. The van der Waals surface area contributed by atoms with E-state index in [2.05, 4.69) is 41.2 Å². The van der Waals surface area contributed by atoms with Gasteiger partial charge in [-0.05, 0) is 25.3 Å². The number of aliphatic hydroxyl groups is 1. The van der Waals surface area contributed by atoms with E-state index in [1.807, 2.05) is 0 Å². The van der Waals surface area contributed by atoms with Crippen molar-refractivity contribution in [3.63, 3.8) is 0 Å². The number of ether oxygens (including phenoxy) is 1. The van der Waals surface area contributed by atoms with E-state index >= 15 is 0 Å². The van der Waals surface area contributed by atoms with Crippen LogP contribution in [0.2, 0.25) is 0 Å². The van der Waals surface area contributed by atoms with Gasteiger partial charge in [-0.3, -0.25) is 0 Å². The Bertz CT molecular complexity index is 540. The Morgan fingerprint density at radius 2 is 1.95 bits per heavy atom. The first-order chi connectivity index (χ1) is 9.67. The van der Waals surface area contributed by atoms with E-state index in [0.717, 1.165) is 18.5 Å². The quantitative estimate of drug-likeness (QED) is 0.877. The lowest BCUT2D eigenvalue weighted by Crippen LogP contribution is -2.13. The number of benzene rings is 1. The third kappa shape index (κ3) is 4.31. The van der Waals surface area contributed by atoms with Crippen LogP contribution in [-0.2, 0) is 12.8 Å². The molecule has 1 heterocycles. The Labute approximate surface area is 119 Å². The highest BCUT2D eigenvalue weighted by Crippen LogP contribution is 2.12. The average Bonchev–Trinajstić information content (AvgIpc) is 2.47. The fourth-order valence-electron chi connectivity index (χ4n) is 2.03. The van der Waals surface area contributed by atoms with Gasteiger partial charge in [-0.1, -0.05) is 29.8 Å². The van der Waals surface area contributed by atoms with Crippen LogP contribution in [0.5, 0.6) is 5.88 Å². The maximum absolute atomic E-state index is 10.1. The smallest absolute Gasteiger partial charge is 0.216 e. The van der Waals surface area contributed by atoms with Gasteiger partial charge in [0.1, 0.15) is 6.33 Å². The Kier molecular flexibility index (Phi) is 5.07. The van der Waals surface area contributed by atoms with Gasteiger partial charge in [-0.2, -0.15) is 0 Å². The number of hydrogen-bond donors (Lipinski definition) is 1. The predicted octanol–water partition coefficient (Wildman–Crippen LogP) is 2.33. The van der Waals surface area contributed by atoms with E-state index in [1.165, 1.54) is 17.5 Å². The first-order valence-electron chi connectivity index (χ1n) is 6.76. The van der Waals surface area contributed by atoms with Gasteiger partial charge in [0.15, 0.2) is 0 Å². The van der Waals surface area contributed by atoms with E-state index in [1.54, 1.807) is 13.2 Å². The fraction of sp³-hybridized carbons (Fsp3) is 0.375. The molecule has 0 aliphatic carbocycles. The highest BCUT2D eigenvalue weighted by Gasteiger charge is 2.08. The highest BCUT2D eigenvalue weighted by molar-refractivity contribution is 5.21. The molecule has 106 valence electrons. The van der Waals surface area contributed by atoms with Gasteiger partial charge in [0, 0.05) is 12.5 Å². The second kappa shape index (κ2) is 7.01. The number of hydrogen-bond acceptors (Lipinski definition) is 4. The SMILES string of the molecule is COc1cc(CC(O)CCc2ccc(C)cc2)ncn1. The number of aliphatic hydroxyl groups excluding tert-OH is 1. The summed E-state index contributed by atoms with van der Waals surface area (Å²) < 4.78 is 5.04. The number of aromatic nitrogens is 2. The Balaban J connectivity index is 1.85. The molecular formula is C16H20N2O2. The van der Waals surface area contributed by atoms with Crippen LogP contribution < -0.4 is 4.74 Å². The maximum atomic E-state index is 10.1. The van der Waals surface area contributed by atoms with Crippen molar-refractivity contribution in [1.29, 1.82) is 0 Å². The van der Waals surface area contributed by atoms with E-state index in [4.69, 9.17) is 4.74 Å². The summed E-state index contributed by atoms with van der Waals surface area (Å²) in [7, 11) is 1.57. The Morgan fingerprint density at radius 1 is 1.20 bits per heavy atom. The molecule has 0 aliphatic rings. The van der Waals surface area contributed by atoms with Crippen LogP contribution >= 0.6 is 0 Å². The van der Waals surface area contributed by atoms with Crippen LogP contribution in [0.1, 0.15) is 23.2 Å².